The summed E-state index contributed by atoms with van der Waals surface area (Å²) >= 11 is 0. The Hall–Kier alpha value is -1.84. The molecule has 0 bridgehead atoms. The molecular weight excluding hydrogens is 194 g/mol. The monoisotopic (exact) mass is 209 g/mol. The fourth-order valence-corrected chi connectivity index (χ4v) is 0.732. The van der Waals surface area contributed by atoms with Gasteiger partial charge in [0.05, 0.1) is 7.11 Å². The maximum absolute atomic E-state index is 10.1. The predicted octanol–water partition coefficient (Wildman–Crippen LogP) is 0.900. The number of nitrogens with one attached hydrogen (secondary N) is 1. The summed E-state index contributed by atoms with van der Waals surface area (Å²) in [6.07, 6.45) is 0.441. The van der Waals surface area contributed by atoms with Gasteiger partial charge in [-0.1, -0.05) is 35.9 Å². The number of amides is 1. The summed E-state index contributed by atoms with van der Waals surface area (Å²) in [6.45, 7) is 2.03. The van der Waals surface area contributed by atoms with Crippen LogP contribution in [0.5, 0.6) is 0 Å². The highest BCUT2D eigenvalue weighted by atomic mass is 16.5. The van der Waals surface area contributed by atoms with Gasteiger partial charge in [-0.15, -0.1) is 0 Å². The van der Waals surface area contributed by atoms with Gasteiger partial charge in [0.25, 0.3) is 0 Å². The number of ether oxygens (including phenoxy) is 1. The largest absolute Gasteiger partial charge is 0.468 e. The third-order valence-corrected chi connectivity index (χ3v) is 1.50. The van der Waals surface area contributed by atoms with Crippen LogP contribution in [0.25, 0.3) is 0 Å². The van der Waals surface area contributed by atoms with Crippen LogP contribution in [0.2, 0.25) is 0 Å². The maximum Gasteiger partial charge on any atom is 0.325 e. The molecule has 0 aliphatic carbocycles. The molecule has 0 heterocycles. The van der Waals surface area contributed by atoms with E-state index in [9.17, 15) is 9.59 Å². The number of carbonyl (C=O) groups excluding carboxylic acids is 2. The number of methoxy groups -OCH3 is 1. The minimum Gasteiger partial charge on any atom is -0.468 e. The van der Waals surface area contributed by atoms with Crippen molar-refractivity contribution < 1.29 is 14.3 Å². The average Bonchev–Trinajstić information content (AvgIpc) is 2.28. The van der Waals surface area contributed by atoms with Gasteiger partial charge in [0.1, 0.15) is 6.54 Å². The van der Waals surface area contributed by atoms with E-state index in [2.05, 4.69) is 29.1 Å². The van der Waals surface area contributed by atoms with Crippen LogP contribution < -0.4 is 5.32 Å². The molecule has 0 aliphatic rings. The first-order chi connectivity index (χ1) is 7.20. The van der Waals surface area contributed by atoms with Gasteiger partial charge in [-0.25, -0.2) is 0 Å². The molecule has 0 fully saturated rings. The van der Waals surface area contributed by atoms with E-state index in [0.29, 0.717) is 6.41 Å². The van der Waals surface area contributed by atoms with Crippen LogP contribution in [-0.4, -0.2) is 26.0 Å². The molecule has 0 saturated heterocycles. The Kier molecular flexibility index (Phi) is 7.67. The molecule has 0 aromatic heterocycles. The van der Waals surface area contributed by atoms with Crippen LogP contribution in [0.1, 0.15) is 5.56 Å². The van der Waals surface area contributed by atoms with Gasteiger partial charge in [0.15, 0.2) is 0 Å². The average molecular weight is 209 g/mol. The van der Waals surface area contributed by atoms with Crippen LogP contribution in [0.15, 0.2) is 30.3 Å². The summed E-state index contributed by atoms with van der Waals surface area (Å²) in [7, 11) is 1.26. The van der Waals surface area contributed by atoms with E-state index in [-0.39, 0.29) is 6.54 Å². The van der Waals surface area contributed by atoms with E-state index in [1.807, 2.05) is 18.2 Å². The number of esters is 1. The second-order valence-electron chi connectivity index (χ2n) is 2.73. The van der Waals surface area contributed by atoms with Crippen molar-refractivity contribution >= 4 is 12.4 Å². The summed E-state index contributed by atoms with van der Waals surface area (Å²) < 4.78 is 4.19. The van der Waals surface area contributed by atoms with Crippen molar-refractivity contribution in [3.05, 3.63) is 35.9 Å². The molecule has 4 heteroatoms. The Morgan fingerprint density at radius 1 is 1.40 bits per heavy atom. The zero-order valence-corrected chi connectivity index (χ0v) is 8.90. The fraction of sp³-hybridized carbons (Fsp3) is 0.273. The molecule has 0 atom stereocenters. The topological polar surface area (TPSA) is 55.4 Å². The molecule has 0 radical (unpaired) electrons. The lowest BCUT2D eigenvalue weighted by atomic mass is 10.2. The van der Waals surface area contributed by atoms with Crippen molar-refractivity contribution in [2.45, 2.75) is 6.92 Å². The van der Waals surface area contributed by atoms with Crippen LogP contribution in [0.4, 0.5) is 0 Å². The first kappa shape index (κ1) is 13.2. The minimum absolute atomic E-state index is 0.0556. The zero-order valence-electron chi connectivity index (χ0n) is 8.90. The Balaban J connectivity index is 0.000000262. The van der Waals surface area contributed by atoms with E-state index >= 15 is 0 Å². The summed E-state index contributed by atoms with van der Waals surface area (Å²) in [4.78, 5) is 19.6. The van der Waals surface area contributed by atoms with E-state index < -0.39 is 5.97 Å². The standard InChI is InChI=1S/C7H8.C4H7NO3/c1-7-5-3-2-4-6-7;1-8-4(7)2-5-3-6/h2-6H,1H3;3H,2H2,1H3,(H,5,6). The van der Waals surface area contributed by atoms with Crippen LogP contribution in [0.3, 0.4) is 0 Å². The van der Waals surface area contributed by atoms with Gasteiger partial charge in [0, 0.05) is 0 Å². The van der Waals surface area contributed by atoms with Gasteiger partial charge in [-0.05, 0) is 6.92 Å². The van der Waals surface area contributed by atoms with Gasteiger partial charge < -0.3 is 10.1 Å². The van der Waals surface area contributed by atoms with Crippen molar-refractivity contribution in [3.63, 3.8) is 0 Å². The van der Waals surface area contributed by atoms with Gasteiger partial charge >= 0.3 is 5.97 Å². The third-order valence-electron chi connectivity index (χ3n) is 1.50. The minimum atomic E-state index is -0.447. The second-order valence-corrected chi connectivity index (χ2v) is 2.73. The lowest BCUT2D eigenvalue weighted by molar-refractivity contribution is -0.140. The number of hydrogen-bond acceptors (Lipinski definition) is 3. The SMILES string of the molecule is COC(=O)CNC=O.Cc1ccccc1. The molecule has 1 aromatic carbocycles. The highest BCUT2D eigenvalue weighted by Crippen LogP contribution is 1.92. The van der Waals surface area contributed by atoms with Crippen molar-refractivity contribution in [2.75, 3.05) is 13.7 Å². The summed E-state index contributed by atoms with van der Waals surface area (Å²) in [5, 5.41) is 2.14. The van der Waals surface area contributed by atoms with E-state index in [0.717, 1.165) is 0 Å². The van der Waals surface area contributed by atoms with Crippen molar-refractivity contribution in [3.8, 4) is 0 Å². The molecule has 82 valence electrons. The Morgan fingerprint density at radius 3 is 2.33 bits per heavy atom. The highest BCUT2D eigenvalue weighted by Gasteiger charge is 1.93. The molecular formula is C11H15NO3. The predicted molar refractivity (Wildman–Crippen MR) is 57.3 cm³/mol. The number of rotatable bonds is 3. The molecule has 1 aromatic rings. The summed E-state index contributed by atoms with van der Waals surface area (Å²) in [5.74, 6) is -0.447. The lowest BCUT2D eigenvalue weighted by Gasteiger charge is -1.93. The van der Waals surface area contributed by atoms with E-state index in [1.165, 1.54) is 12.7 Å². The molecule has 1 amide bonds. The summed E-state index contributed by atoms with van der Waals surface area (Å²) in [5.41, 5.74) is 1.32. The number of benzene rings is 1. The molecule has 0 unspecified atom stereocenters. The molecule has 0 saturated carbocycles. The molecule has 0 spiro atoms. The van der Waals surface area contributed by atoms with Crippen molar-refractivity contribution in [1.29, 1.82) is 0 Å². The quantitative estimate of drug-likeness (QED) is 0.594. The van der Waals surface area contributed by atoms with Gasteiger partial charge in [-0.3, -0.25) is 9.59 Å². The number of carbonyl (C=O) groups is 2. The van der Waals surface area contributed by atoms with Crippen molar-refractivity contribution in [2.24, 2.45) is 0 Å². The highest BCUT2D eigenvalue weighted by molar-refractivity contribution is 5.73. The normalized spacial score (nSPS) is 8.13. The van der Waals surface area contributed by atoms with Crippen LogP contribution >= 0.6 is 0 Å². The molecule has 15 heavy (non-hydrogen) atoms. The fourth-order valence-electron chi connectivity index (χ4n) is 0.732. The molecule has 0 aliphatic heterocycles. The van der Waals surface area contributed by atoms with E-state index in [4.69, 9.17) is 0 Å². The van der Waals surface area contributed by atoms with E-state index in [1.54, 1.807) is 0 Å². The Labute approximate surface area is 89.2 Å². The van der Waals surface area contributed by atoms with Gasteiger partial charge in [-0.2, -0.15) is 0 Å². The van der Waals surface area contributed by atoms with Gasteiger partial charge in [0.2, 0.25) is 6.41 Å². The number of aryl methyl sites for hydroxylation is 1. The number of hydrogen-bond donors (Lipinski definition) is 1. The molecule has 1 rings (SSSR count). The lowest BCUT2D eigenvalue weighted by Crippen LogP contribution is -2.21. The first-order valence-corrected chi connectivity index (χ1v) is 4.46. The Bertz CT molecular complexity index is 285. The van der Waals surface area contributed by atoms with Crippen LogP contribution in [-0.2, 0) is 14.3 Å². The molecule has 4 nitrogen and oxygen atoms in total. The zero-order chi connectivity index (χ0) is 11.5. The summed E-state index contributed by atoms with van der Waals surface area (Å²) in [6, 6.07) is 10.3. The smallest absolute Gasteiger partial charge is 0.325 e. The van der Waals surface area contributed by atoms with Crippen LogP contribution in [0, 0.1) is 6.92 Å². The Morgan fingerprint density at radius 2 is 2.00 bits per heavy atom. The third kappa shape index (κ3) is 8.49. The maximum atomic E-state index is 10.1. The first-order valence-electron chi connectivity index (χ1n) is 4.46. The molecule has 1 N–H and O–H groups in total. The van der Waals surface area contributed by atoms with Crippen molar-refractivity contribution in [1.82, 2.24) is 5.32 Å². The second kappa shape index (κ2) is 8.74.